The van der Waals surface area contributed by atoms with Gasteiger partial charge in [-0.25, -0.2) is 4.79 Å². The van der Waals surface area contributed by atoms with Crippen LogP contribution in [-0.4, -0.2) is 27.6 Å². The molecule has 0 fully saturated rings. The standard InChI is InChI=1S/C19H16N2O8/c1-3-19(2,16(22)12-4-8-14(9-5-12)20(25)26)18(24)29-17(23)13-6-10-15(11-7-13)21(27)28/h4-11H,3H2,1-2H3. The van der Waals surface area contributed by atoms with E-state index in [1.807, 2.05) is 0 Å². The predicted molar refractivity (Wildman–Crippen MR) is 99.3 cm³/mol. The third-order valence-corrected chi connectivity index (χ3v) is 4.50. The van der Waals surface area contributed by atoms with Gasteiger partial charge in [-0.05, 0) is 37.6 Å². The van der Waals surface area contributed by atoms with Crippen LogP contribution in [-0.2, 0) is 9.53 Å². The van der Waals surface area contributed by atoms with Crippen LogP contribution in [0.3, 0.4) is 0 Å². The lowest BCUT2D eigenvalue weighted by Crippen LogP contribution is -2.38. The Morgan fingerprint density at radius 1 is 0.862 bits per heavy atom. The number of hydrogen-bond acceptors (Lipinski definition) is 8. The Bertz CT molecular complexity index is 982. The molecule has 10 heteroatoms. The van der Waals surface area contributed by atoms with Crippen molar-refractivity contribution in [3.63, 3.8) is 0 Å². The zero-order chi connectivity index (χ0) is 21.8. The molecule has 0 spiro atoms. The van der Waals surface area contributed by atoms with Crippen LogP contribution in [0.25, 0.3) is 0 Å². The number of nitrogens with zero attached hydrogens (tertiary/aromatic N) is 2. The van der Waals surface area contributed by atoms with E-state index in [0.29, 0.717) is 0 Å². The molecule has 10 nitrogen and oxygen atoms in total. The molecular weight excluding hydrogens is 384 g/mol. The van der Waals surface area contributed by atoms with Crippen LogP contribution in [0.2, 0.25) is 0 Å². The van der Waals surface area contributed by atoms with Gasteiger partial charge in [0.2, 0.25) is 0 Å². The van der Waals surface area contributed by atoms with Gasteiger partial charge in [-0.15, -0.1) is 0 Å². The monoisotopic (exact) mass is 400 g/mol. The molecule has 2 aromatic carbocycles. The van der Waals surface area contributed by atoms with Gasteiger partial charge < -0.3 is 4.74 Å². The number of nitro benzene ring substituents is 2. The first-order chi connectivity index (χ1) is 13.6. The van der Waals surface area contributed by atoms with Gasteiger partial charge in [-0.1, -0.05) is 6.92 Å². The van der Waals surface area contributed by atoms with Crippen molar-refractivity contribution in [1.29, 1.82) is 0 Å². The van der Waals surface area contributed by atoms with Crippen molar-refractivity contribution in [2.45, 2.75) is 20.3 Å². The number of ketones is 1. The summed E-state index contributed by atoms with van der Waals surface area (Å²) in [5.74, 6) is -2.80. The van der Waals surface area contributed by atoms with Crippen molar-refractivity contribution in [3.8, 4) is 0 Å². The van der Waals surface area contributed by atoms with Gasteiger partial charge in [-0.2, -0.15) is 0 Å². The molecule has 0 bridgehead atoms. The van der Waals surface area contributed by atoms with Crippen molar-refractivity contribution >= 4 is 29.1 Å². The molecule has 0 N–H and O–H groups in total. The molecule has 0 saturated heterocycles. The molecule has 0 aliphatic rings. The number of nitro groups is 2. The summed E-state index contributed by atoms with van der Waals surface area (Å²) in [6.07, 6.45) is 0.00912. The van der Waals surface area contributed by atoms with Crippen molar-refractivity contribution in [3.05, 3.63) is 79.9 Å². The van der Waals surface area contributed by atoms with Crippen LogP contribution in [0.4, 0.5) is 11.4 Å². The summed E-state index contributed by atoms with van der Waals surface area (Å²) in [5.41, 5.74) is -2.19. The SMILES string of the molecule is CCC(C)(C(=O)OC(=O)c1ccc([N+](=O)[O-])cc1)C(=O)c1ccc([N+](=O)[O-])cc1. The fraction of sp³-hybridized carbons (Fsp3) is 0.211. The number of hydrogen-bond donors (Lipinski definition) is 0. The summed E-state index contributed by atoms with van der Waals surface area (Å²) in [5, 5.41) is 21.4. The smallest absolute Gasteiger partial charge is 0.345 e. The Morgan fingerprint density at radius 3 is 1.66 bits per heavy atom. The Hall–Kier alpha value is -3.95. The van der Waals surface area contributed by atoms with E-state index in [9.17, 15) is 34.6 Å². The van der Waals surface area contributed by atoms with Crippen molar-refractivity contribution in [1.82, 2.24) is 0 Å². The molecular formula is C19H16N2O8. The Kier molecular flexibility index (Phi) is 6.17. The van der Waals surface area contributed by atoms with E-state index in [4.69, 9.17) is 4.74 Å². The summed E-state index contributed by atoms with van der Waals surface area (Å²) in [7, 11) is 0. The van der Waals surface area contributed by atoms with E-state index >= 15 is 0 Å². The van der Waals surface area contributed by atoms with Crippen LogP contribution in [0.15, 0.2) is 48.5 Å². The number of carbonyl (C=O) groups excluding carboxylic acids is 3. The lowest BCUT2D eigenvalue weighted by atomic mass is 9.80. The summed E-state index contributed by atoms with van der Waals surface area (Å²) in [4.78, 5) is 57.7. The second kappa shape index (κ2) is 8.38. The molecule has 0 aromatic heterocycles. The molecule has 1 atom stereocenters. The fourth-order valence-electron chi connectivity index (χ4n) is 2.43. The maximum absolute atomic E-state index is 12.8. The zero-order valence-corrected chi connectivity index (χ0v) is 15.5. The van der Waals surface area contributed by atoms with Crippen molar-refractivity contribution in [2.75, 3.05) is 0 Å². The predicted octanol–water partition coefficient (Wildman–Crippen LogP) is 3.49. The molecule has 0 saturated carbocycles. The van der Waals surface area contributed by atoms with Crippen LogP contribution in [0.1, 0.15) is 41.0 Å². The van der Waals surface area contributed by atoms with Gasteiger partial charge in [0.25, 0.3) is 11.4 Å². The average Bonchev–Trinajstić information content (AvgIpc) is 2.72. The van der Waals surface area contributed by atoms with Crippen LogP contribution in [0.5, 0.6) is 0 Å². The topological polar surface area (TPSA) is 147 Å². The Morgan fingerprint density at radius 2 is 1.28 bits per heavy atom. The second-order valence-electron chi connectivity index (χ2n) is 6.30. The highest BCUT2D eigenvalue weighted by molar-refractivity contribution is 6.14. The van der Waals surface area contributed by atoms with E-state index in [2.05, 4.69) is 0 Å². The minimum atomic E-state index is -1.70. The molecule has 0 heterocycles. The first-order valence-electron chi connectivity index (χ1n) is 8.40. The molecule has 0 aliphatic heterocycles. The van der Waals surface area contributed by atoms with Gasteiger partial charge in [0, 0.05) is 29.8 Å². The maximum atomic E-state index is 12.8. The third kappa shape index (κ3) is 4.49. The summed E-state index contributed by atoms with van der Waals surface area (Å²) >= 11 is 0. The molecule has 150 valence electrons. The third-order valence-electron chi connectivity index (χ3n) is 4.50. The Balaban J connectivity index is 2.20. The van der Waals surface area contributed by atoms with E-state index in [-0.39, 0.29) is 28.9 Å². The quantitative estimate of drug-likeness (QED) is 0.226. The second-order valence-corrected chi connectivity index (χ2v) is 6.30. The molecule has 0 amide bonds. The van der Waals surface area contributed by atoms with E-state index in [1.54, 1.807) is 6.92 Å². The van der Waals surface area contributed by atoms with E-state index in [1.165, 1.54) is 19.1 Å². The minimum Gasteiger partial charge on any atom is -0.389 e. The van der Waals surface area contributed by atoms with Gasteiger partial charge >= 0.3 is 11.9 Å². The summed E-state index contributed by atoms with van der Waals surface area (Å²) < 4.78 is 4.82. The largest absolute Gasteiger partial charge is 0.389 e. The number of Topliss-reactive ketones (excluding diaryl/α,β-unsaturated/α-hetero) is 1. The van der Waals surface area contributed by atoms with Crippen molar-refractivity contribution in [2.24, 2.45) is 5.41 Å². The van der Waals surface area contributed by atoms with Gasteiger partial charge in [0.05, 0.1) is 15.4 Å². The first kappa shape index (κ1) is 21.4. The molecule has 0 radical (unpaired) electrons. The highest BCUT2D eigenvalue weighted by Crippen LogP contribution is 2.29. The maximum Gasteiger partial charge on any atom is 0.345 e. The number of esters is 2. The van der Waals surface area contributed by atoms with Gasteiger partial charge in [-0.3, -0.25) is 29.8 Å². The summed E-state index contributed by atoms with van der Waals surface area (Å²) in [6.45, 7) is 2.86. The number of rotatable bonds is 7. The number of benzene rings is 2. The Labute approximate surface area is 164 Å². The minimum absolute atomic E-state index is 0.00912. The van der Waals surface area contributed by atoms with E-state index < -0.39 is 33.0 Å². The first-order valence-corrected chi connectivity index (χ1v) is 8.40. The molecule has 0 aliphatic carbocycles. The fourth-order valence-corrected chi connectivity index (χ4v) is 2.43. The number of carbonyl (C=O) groups is 3. The molecule has 1 unspecified atom stereocenters. The highest BCUT2D eigenvalue weighted by Gasteiger charge is 2.42. The highest BCUT2D eigenvalue weighted by atomic mass is 16.6. The average molecular weight is 400 g/mol. The number of ether oxygens (including phenoxy) is 1. The van der Waals surface area contributed by atoms with Gasteiger partial charge in [0.15, 0.2) is 5.78 Å². The van der Waals surface area contributed by atoms with Crippen LogP contribution >= 0.6 is 0 Å². The number of non-ortho nitro benzene ring substituents is 2. The summed E-state index contributed by atoms with van der Waals surface area (Å²) in [6, 6.07) is 9.15. The molecule has 2 rings (SSSR count). The van der Waals surface area contributed by atoms with Crippen LogP contribution in [0, 0.1) is 25.6 Å². The van der Waals surface area contributed by atoms with Crippen LogP contribution < -0.4 is 0 Å². The van der Waals surface area contributed by atoms with Gasteiger partial charge in [0.1, 0.15) is 5.41 Å². The zero-order valence-electron chi connectivity index (χ0n) is 15.5. The molecule has 2 aromatic rings. The van der Waals surface area contributed by atoms with Crippen molar-refractivity contribution < 1.29 is 29.0 Å². The molecule has 29 heavy (non-hydrogen) atoms. The lowest BCUT2D eigenvalue weighted by Gasteiger charge is -2.23. The normalized spacial score (nSPS) is 12.5. The lowest BCUT2D eigenvalue weighted by molar-refractivity contribution is -0.385. The van der Waals surface area contributed by atoms with E-state index in [0.717, 1.165) is 36.4 Å².